The topological polar surface area (TPSA) is 37.3 Å². The molecule has 2 saturated heterocycles. The summed E-state index contributed by atoms with van der Waals surface area (Å²) in [6, 6.07) is 2.88. The number of rotatable bonds is 2. The van der Waals surface area contributed by atoms with Crippen molar-refractivity contribution in [2.75, 3.05) is 19.6 Å². The molecule has 1 N–H and O–H groups in total. The fourth-order valence-corrected chi connectivity index (χ4v) is 4.29. The van der Waals surface area contributed by atoms with E-state index in [0.29, 0.717) is 23.9 Å². The van der Waals surface area contributed by atoms with Crippen LogP contribution in [0.15, 0.2) is 16.7 Å². The zero-order valence-electron chi connectivity index (χ0n) is 11.7. The highest BCUT2D eigenvalue weighted by Gasteiger charge is 2.44. The van der Waals surface area contributed by atoms with Crippen molar-refractivity contribution in [1.29, 1.82) is 0 Å². The fourth-order valence-electron chi connectivity index (χ4n) is 3.85. The molecule has 108 valence electrons. The summed E-state index contributed by atoms with van der Waals surface area (Å²) < 4.78 is 3.19. The Bertz CT molecular complexity index is 551. The van der Waals surface area contributed by atoms with Crippen molar-refractivity contribution < 1.29 is 4.79 Å². The molecule has 4 rings (SSSR count). The van der Waals surface area contributed by atoms with Crippen molar-refractivity contribution in [3.8, 4) is 0 Å². The Morgan fingerprint density at radius 3 is 2.90 bits per heavy atom. The molecule has 2 aliphatic heterocycles. The van der Waals surface area contributed by atoms with Gasteiger partial charge >= 0.3 is 0 Å². The van der Waals surface area contributed by atoms with Gasteiger partial charge in [0.2, 0.25) is 0 Å². The van der Waals surface area contributed by atoms with Crippen LogP contribution in [0.2, 0.25) is 0 Å². The minimum absolute atomic E-state index is 0.213. The first-order chi connectivity index (χ1) is 9.65. The predicted molar refractivity (Wildman–Crippen MR) is 80.8 cm³/mol. The lowest BCUT2D eigenvalue weighted by molar-refractivity contribution is 0.0717. The summed E-state index contributed by atoms with van der Waals surface area (Å²) in [4.78, 5) is 15.0. The summed E-state index contributed by atoms with van der Waals surface area (Å²) in [6.07, 6.45) is 4.46. The zero-order valence-corrected chi connectivity index (χ0v) is 13.3. The van der Waals surface area contributed by atoms with E-state index < -0.39 is 0 Å². The lowest BCUT2D eigenvalue weighted by Gasteiger charge is -2.25. The molecule has 3 heterocycles. The number of carbonyl (C=O) groups is 1. The van der Waals surface area contributed by atoms with Gasteiger partial charge in [-0.3, -0.25) is 4.79 Å². The van der Waals surface area contributed by atoms with Crippen LogP contribution in [0.25, 0.3) is 0 Å². The monoisotopic (exact) mass is 337 g/mol. The Morgan fingerprint density at radius 2 is 2.20 bits per heavy atom. The van der Waals surface area contributed by atoms with Crippen LogP contribution < -0.4 is 5.32 Å². The molecule has 3 aliphatic rings. The molecule has 1 aromatic heterocycles. The van der Waals surface area contributed by atoms with E-state index >= 15 is 0 Å². The van der Waals surface area contributed by atoms with Gasteiger partial charge in [-0.05, 0) is 53.6 Å². The van der Waals surface area contributed by atoms with Crippen molar-refractivity contribution in [3.63, 3.8) is 0 Å². The molecule has 5 heteroatoms. The van der Waals surface area contributed by atoms with E-state index in [1.807, 2.05) is 6.07 Å². The van der Waals surface area contributed by atoms with Gasteiger partial charge in [0.25, 0.3) is 5.91 Å². The number of hydrogen-bond acceptors (Lipinski definition) is 2. The van der Waals surface area contributed by atoms with Gasteiger partial charge in [0.15, 0.2) is 0 Å². The van der Waals surface area contributed by atoms with Crippen LogP contribution in [-0.4, -0.2) is 41.1 Å². The third kappa shape index (κ3) is 1.94. The maximum Gasteiger partial charge on any atom is 0.270 e. The van der Waals surface area contributed by atoms with Gasteiger partial charge in [0.1, 0.15) is 5.69 Å². The number of halogens is 1. The first-order valence-electron chi connectivity index (χ1n) is 7.54. The molecule has 0 spiro atoms. The quantitative estimate of drug-likeness (QED) is 0.898. The van der Waals surface area contributed by atoms with Gasteiger partial charge in [-0.25, -0.2) is 0 Å². The second-order valence-corrected chi connectivity index (χ2v) is 7.38. The average Bonchev–Trinajstić information content (AvgIpc) is 2.90. The van der Waals surface area contributed by atoms with Gasteiger partial charge in [-0.15, -0.1) is 0 Å². The van der Waals surface area contributed by atoms with Crippen molar-refractivity contribution in [2.45, 2.75) is 31.8 Å². The van der Waals surface area contributed by atoms with E-state index in [1.54, 1.807) is 0 Å². The molecule has 20 heavy (non-hydrogen) atoms. The molecule has 1 saturated carbocycles. The zero-order chi connectivity index (χ0) is 13.9. The molecule has 0 aromatic carbocycles. The lowest BCUT2D eigenvalue weighted by atomic mass is 9.95. The highest BCUT2D eigenvalue weighted by molar-refractivity contribution is 9.10. The molecule has 1 aromatic rings. The third-order valence-electron chi connectivity index (χ3n) is 5.17. The number of likely N-dealkylation sites (tertiary alicyclic amines) is 1. The summed E-state index contributed by atoms with van der Waals surface area (Å²) >= 11 is 3.52. The van der Waals surface area contributed by atoms with E-state index in [-0.39, 0.29) is 5.91 Å². The van der Waals surface area contributed by atoms with Crippen molar-refractivity contribution in [2.24, 2.45) is 11.8 Å². The molecule has 1 aliphatic carbocycles. The molecular weight excluding hydrogens is 318 g/mol. The summed E-state index contributed by atoms with van der Waals surface area (Å²) in [7, 11) is 0. The van der Waals surface area contributed by atoms with E-state index in [2.05, 4.69) is 43.8 Å². The van der Waals surface area contributed by atoms with Crippen molar-refractivity contribution in [3.05, 3.63) is 22.4 Å². The minimum Gasteiger partial charge on any atom is -0.339 e. The average molecular weight is 338 g/mol. The second kappa shape index (κ2) is 4.60. The molecule has 0 radical (unpaired) electrons. The number of hydrogen-bond donors (Lipinski definition) is 1. The minimum atomic E-state index is 0.213. The van der Waals surface area contributed by atoms with Crippen LogP contribution in [-0.2, 0) is 0 Å². The van der Waals surface area contributed by atoms with Gasteiger partial charge in [0, 0.05) is 42.4 Å². The molecule has 4 nitrogen and oxygen atoms in total. The molecule has 1 amide bonds. The van der Waals surface area contributed by atoms with E-state index in [1.165, 1.54) is 12.8 Å². The highest BCUT2D eigenvalue weighted by atomic mass is 79.9. The van der Waals surface area contributed by atoms with Crippen LogP contribution in [0.4, 0.5) is 0 Å². The highest BCUT2D eigenvalue weighted by Crippen LogP contribution is 2.39. The number of fused-ring (bicyclic) bond motifs is 1. The van der Waals surface area contributed by atoms with E-state index in [9.17, 15) is 4.79 Å². The van der Waals surface area contributed by atoms with Gasteiger partial charge in [-0.1, -0.05) is 0 Å². The number of amides is 1. The summed E-state index contributed by atoms with van der Waals surface area (Å²) in [5.41, 5.74) is 0.860. The van der Waals surface area contributed by atoms with Crippen LogP contribution in [0.5, 0.6) is 0 Å². The maximum atomic E-state index is 12.9. The Kier molecular flexibility index (Phi) is 2.96. The Labute approximate surface area is 127 Å². The molecule has 3 fully saturated rings. The predicted octanol–water partition coefficient (Wildman–Crippen LogP) is 2.27. The number of aromatic nitrogens is 1. The van der Waals surface area contributed by atoms with E-state index in [4.69, 9.17) is 0 Å². The largest absolute Gasteiger partial charge is 0.339 e. The SMILES string of the molecule is CC1C2CNCC2CN1C(=O)c1cc(Br)cn1C1CC1. The third-order valence-corrected chi connectivity index (χ3v) is 5.60. The van der Waals surface area contributed by atoms with E-state index in [0.717, 1.165) is 29.8 Å². The summed E-state index contributed by atoms with van der Waals surface area (Å²) in [6.45, 7) is 5.23. The number of nitrogens with zero attached hydrogens (tertiary/aromatic N) is 2. The lowest BCUT2D eigenvalue weighted by Crippen LogP contribution is -2.38. The summed E-state index contributed by atoms with van der Waals surface area (Å²) in [5.74, 6) is 1.48. The number of carbonyl (C=O) groups excluding carboxylic acids is 1. The van der Waals surface area contributed by atoms with Crippen molar-refractivity contribution >= 4 is 21.8 Å². The van der Waals surface area contributed by atoms with Gasteiger partial charge in [-0.2, -0.15) is 0 Å². The van der Waals surface area contributed by atoms with Crippen LogP contribution in [0.3, 0.4) is 0 Å². The van der Waals surface area contributed by atoms with Crippen LogP contribution in [0, 0.1) is 11.8 Å². The van der Waals surface area contributed by atoms with Gasteiger partial charge < -0.3 is 14.8 Å². The molecule has 3 atom stereocenters. The fraction of sp³-hybridized carbons (Fsp3) is 0.667. The Hall–Kier alpha value is -0.810. The molecule has 3 unspecified atom stereocenters. The second-order valence-electron chi connectivity index (χ2n) is 6.46. The van der Waals surface area contributed by atoms with Gasteiger partial charge in [0.05, 0.1) is 0 Å². The molecular formula is C15H20BrN3O. The molecule has 0 bridgehead atoms. The maximum absolute atomic E-state index is 12.9. The van der Waals surface area contributed by atoms with Crippen LogP contribution >= 0.6 is 15.9 Å². The first kappa shape index (κ1) is 12.9. The summed E-state index contributed by atoms with van der Waals surface area (Å²) in [5, 5.41) is 3.45. The Morgan fingerprint density at radius 1 is 1.40 bits per heavy atom. The van der Waals surface area contributed by atoms with Crippen molar-refractivity contribution in [1.82, 2.24) is 14.8 Å². The van der Waals surface area contributed by atoms with Crippen LogP contribution in [0.1, 0.15) is 36.3 Å². The first-order valence-corrected chi connectivity index (χ1v) is 8.33. The number of nitrogens with one attached hydrogen (secondary N) is 1. The Balaban J connectivity index is 1.61. The smallest absolute Gasteiger partial charge is 0.270 e. The standard InChI is InChI=1S/C15H20BrN3O/c1-9-13-6-17-5-10(13)7-18(9)15(20)14-4-11(16)8-19(14)12-2-3-12/h4,8-10,12-13,17H,2-3,5-7H2,1H3. The normalized spacial score (nSPS) is 32.7.